The number of hydrogen-bond acceptors (Lipinski definition) is 3. The molecule has 3 aliphatic carbocycles. The van der Waals surface area contributed by atoms with Crippen molar-refractivity contribution in [2.45, 2.75) is 90.6 Å². The summed E-state index contributed by atoms with van der Waals surface area (Å²) in [6.07, 6.45) is 13.3. The maximum Gasteiger partial charge on any atom is 0.309 e. The van der Waals surface area contributed by atoms with Gasteiger partial charge in [-0.3, -0.25) is 4.79 Å². The maximum absolute atomic E-state index is 12.9. The van der Waals surface area contributed by atoms with Crippen molar-refractivity contribution in [1.29, 1.82) is 0 Å². The van der Waals surface area contributed by atoms with Crippen LogP contribution in [0.1, 0.15) is 85.0 Å². The van der Waals surface area contributed by atoms with E-state index in [1.54, 1.807) is 0 Å². The van der Waals surface area contributed by atoms with Gasteiger partial charge >= 0.3 is 5.97 Å². The zero-order valence-electron chi connectivity index (χ0n) is 16.4. The van der Waals surface area contributed by atoms with Crippen molar-refractivity contribution in [3.63, 3.8) is 0 Å². The summed E-state index contributed by atoms with van der Waals surface area (Å²) >= 11 is 0. The van der Waals surface area contributed by atoms with Gasteiger partial charge in [0.15, 0.2) is 0 Å². The third-order valence-corrected chi connectivity index (χ3v) is 6.97. The first kappa shape index (κ1) is 18.9. The van der Waals surface area contributed by atoms with Crippen LogP contribution < -0.4 is 0 Å². The van der Waals surface area contributed by atoms with E-state index in [-0.39, 0.29) is 23.9 Å². The van der Waals surface area contributed by atoms with E-state index in [0.29, 0.717) is 6.42 Å². The highest BCUT2D eigenvalue weighted by Crippen LogP contribution is 2.46. The molecule has 3 rings (SSSR count). The van der Waals surface area contributed by atoms with E-state index in [0.717, 1.165) is 37.5 Å². The molecular formula is C22H36O3. The van der Waals surface area contributed by atoms with Gasteiger partial charge < -0.3 is 9.84 Å². The van der Waals surface area contributed by atoms with Gasteiger partial charge in [-0.1, -0.05) is 51.2 Å². The van der Waals surface area contributed by atoms with Crippen LogP contribution in [0.2, 0.25) is 0 Å². The monoisotopic (exact) mass is 348 g/mol. The minimum absolute atomic E-state index is 0.0177. The van der Waals surface area contributed by atoms with Crippen LogP contribution in [0.5, 0.6) is 0 Å². The molecule has 2 fully saturated rings. The fourth-order valence-electron chi connectivity index (χ4n) is 5.81. The lowest BCUT2D eigenvalue weighted by Crippen LogP contribution is -2.44. The standard InChI is InChI=1S/C22H36O3/c1-4-16-12-21(2,15-23)14-22(3,13-16)25-20(24)19-10-9-17-7-5-6-8-18(17)11-19/h12,17-19,23H,4-11,13-15H2,1-3H3. The first-order chi connectivity index (χ1) is 11.9. The largest absolute Gasteiger partial charge is 0.459 e. The molecule has 0 aromatic heterocycles. The van der Waals surface area contributed by atoms with Gasteiger partial charge in [0.25, 0.3) is 0 Å². The lowest BCUT2D eigenvalue weighted by molar-refractivity contribution is -0.169. The van der Waals surface area contributed by atoms with Crippen LogP contribution in [0.25, 0.3) is 0 Å². The molecule has 0 saturated heterocycles. The average Bonchev–Trinajstić information content (AvgIpc) is 2.60. The van der Waals surface area contributed by atoms with Crippen molar-refractivity contribution in [3.8, 4) is 0 Å². The summed E-state index contributed by atoms with van der Waals surface area (Å²) in [6.45, 7) is 6.38. The topological polar surface area (TPSA) is 46.5 Å². The smallest absolute Gasteiger partial charge is 0.309 e. The van der Waals surface area contributed by atoms with Gasteiger partial charge in [-0.25, -0.2) is 0 Å². The van der Waals surface area contributed by atoms with Gasteiger partial charge in [0, 0.05) is 11.8 Å². The molecule has 142 valence electrons. The maximum atomic E-state index is 12.9. The molecule has 3 heteroatoms. The first-order valence-electron chi connectivity index (χ1n) is 10.4. The van der Waals surface area contributed by atoms with E-state index in [4.69, 9.17) is 4.74 Å². The molecule has 0 aromatic rings. The number of aliphatic hydroxyl groups is 1. The average molecular weight is 349 g/mol. The van der Waals surface area contributed by atoms with Crippen molar-refractivity contribution >= 4 is 5.97 Å². The molecule has 0 aliphatic heterocycles. The lowest BCUT2D eigenvalue weighted by atomic mass is 9.67. The van der Waals surface area contributed by atoms with Crippen molar-refractivity contribution < 1.29 is 14.6 Å². The van der Waals surface area contributed by atoms with E-state index < -0.39 is 5.60 Å². The highest BCUT2D eigenvalue weighted by molar-refractivity contribution is 5.73. The van der Waals surface area contributed by atoms with E-state index in [2.05, 4.69) is 26.8 Å². The molecule has 1 N–H and O–H groups in total. The fraction of sp³-hybridized carbons (Fsp3) is 0.864. The van der Waals surface area contributed by atoms with Gasteiger partial charge in [0.05, 0.1) is 12.5 Å². The normalized spacial score (nSPS) is 41.6. The molecule has 0 aromatic carbocycles. The minimum atomic E-state index is -0.474. The van der Waals surface area contributed by atoms with Crippen molar-refractivity contribution in [2.24, 2.45) is 23.2 Å². The van der Waals surface area contributed by atoms with Crippen LogP contribution in [-0.2, 0) is 9.53 Å². The zero-order chi connectivity index (χ0) is 18.1. The van der Waals surface area contributed by atoms with Crippen LogP contribution in [0.15, 0.2) is 11.6 Å². The Labute approximate surface area is 153 Å². The number of hydrogen-bond donors (Lipinski definition) is 1. The zero-order valence-corrected chi connectivity index (χ0v) is 16.4. The number of ether oxygens (including phenoxy) is 1. The molecule has 25 heavy (non-hydrogen) atoms. The molecule has 5 unspecified atom stereocenters. The van der Waals surface area contributed by atoms with E-state index >= 15 is 0 Å². The Kier molecular flexibility index (Phi) is 5.63. The fourth-order valence-corrected chi connectivity index (χ4v) is 5.81. The van der Waals surface area contributed by atoms with Crippen LogP contribution >= 0.6 is 0 Å². The molecular weight excluding hydrogens is 312 g/mol. The molecule has 0 amide bonds. The molecule has 0 spiro atoms. The Hall–Kier alpha value is -0.830. The molecule has 0 bridgehead atoms. The summed E-state index contributed by atoms with van der Waals surface area (Å²) in [7, 11) is 0. The second-order valence-corrected chi connectivity index (χ2v) is 9.51. The Morgan fingerprint density at radius 1 is 1.20 bits per heavy atom. The van der Waals surface area contributed by atoms with Crippen molar-refractivity contribution in [1.82, 2.24) is 0 Å². The molecule has 3 nitrogen and oxygen atoms in total. The summed E-state index contributed by atoms with van der Waals surface area (Å²) in [5.74, 6) is 1.71. The summed E-state index contributed by atoms with van der Waals surface area (Å²) < 4.78 is 6.14. The van der Waals surface area contributed by atoms with Gasteiger partial charge in [-0.15, -0.1) is 0 Å². The number of carbonyl (C=O) groups excluding carboxylic acids is 1. The Morgan fingerprint density at radius 3 is 2.60 bits per heavy atom. The number of rotatable bonds is 4. The Bertz CT molecular complexity index is 525. The van der Waals surface area contributed by atoms with Gasteiger partial charge in [0.1, 0.15) is 5.60 Å². The summed E-state index contributed by atoms with van der Waals surface area (Å²) in [5, 5.41) is 9.82. The highest BCUT2D eigenvalue weighted by atomic mass is 16.6. The third-order valence-electron chi connectivity index (χ3n) is 6.97. The minimum Gasteiger partial charge on any atom is -0.459 e. The van der Waals surface area contributed by atoms with Gasteiger partial charge in [0.2, 0.25) is 0 Å². The predicted octanol–water partition coefficient (Wildman–Crippen LogP) is 5.02. The second-order valence-electron chi connectivity index (χ2n) is 9.51. The summed E-state index contributed by atoms with van der Waals surface area (Å²) in [6, 6.07) is 0. The van der Waals surface area contributed by atoms with E-state index in [9.17, 15) is 9.90 Å². The van der Waals surface area contributed by atoms with Crippen LogP contribution in [-0.4, -0.2) is 23.3 Å². The van der Waals surface area contributed by atoms with Crippen LogP contribution in [0, 0.1) is 23.2 Å². The van der Waals surface area contributed by atoms with E-state index in [1.165, 1.54) is 37.7 Å². The predicted molar refractivity (Wildman–Crippen MR) is 100 cm³/mol. The van der Waals surface area contributed by atoms with Crippen molar-refractivity contribution in [3.05, 3.63) is 11.6 Å². The Morgan fingerprint density at radius 2 is 1.92 bits per heavy atom. The second kappa shape index (κ2) is 7.42. The first-order valence-corrected chi connectivity index (χ1v) is 10.4. The molecule has 3 aliphatic rings. The number of esters is 1. The number of fused-ring (bicyclic) bond motifs is 1. The third kappa shape index (κ3) is 4.30. The molecule has 0 radical (unpaired) electrons. The van der Waals surface area contributed by atoms with E-state index in [1.807, 2.05) is 0 Å². The molecule has 5 atom stereocenters. The quantitative estimate of drug-likeness (QED) is 0.573. The summed E-state index contributed by atoms with van der Waals surface area (Å²) in [4.78, 5) is 12.9. The Balaban J connectivity index is 1.64. The SMILES string of the molecule is CCC1=CC(C)(CO)CC(C)(OC(=O)C2CCC3CCCCC3C2)C1. The lowest BCUT2D eigenvalue weighted by Gasteiger charge is -2.43. The van der Waals surface area contributed by atoms with Crippen molar-refractivity contribution in [2.75, 3.05) is 6.61 Å². The number of aliphatic hydroxyl groups excluding tert-OH is 1. The number of carbonyl (C=O) groups is 1. The summed E-state index contributed by atoms with van der Waals surface area (Å²) in [5.41, 5.74) is 0.548. The highest BCUT2D eigenvalue weighted by Gasteiger charge is 2.43. The van der Waals surface area contributed by atoms with Gasteiger partial charge in [-0.05, 0) is 50.9 Å². The van der Waals surface area contributed by atoms with Crippen LogP contribution in [0.4, 0.5) is 0 Å². The molecule has 0 heterocycles. The van der Waals surface area contributed by atoms with Crippen LogP contribution in [0.3, 0.4) is 0 Å². The van der Waals surface area contributed by atoms with Gasteiger partial charge in [-0.2, -0.15) is 0 Å². The molecule has 2 saturated carbocycles.